The first-order valence-corrected chi connectivity index (χ1v) is 6.55. The summed E-state index contributed by atoms with van der Waals surface area (Å²) in [6.07, 6.45) is -4.95. The molecule has 0 bridgehead atoms. The molecule has 17 heavy (non-hydrogen) atoms. The third kappa shape index (κ3) is 4.41. The van der Waals surface area contributed by atoms with Crippen LogP contribution in [0.25, 0.3) is 0 Å². The van der Waals surface area contributed by atoms with Gasteiger partial charge in [-0.05, 0) is 12.3 Å². The number of piperidine rings is 1. The quantitative estimate of drug-likeness (QED) is 0.767. The van der Waals surface area contributed by atoms with Crippen molar-refractivity contribution in [3.63, 3.8) is 0 Å². The SMILES string of the molecule is CC1CN(S(=O)(=O)NCC(F)(F)F)CCC1O. The van der Waals surface area contributed by atoms with Crippen molar-refractivity contribution >= 4 is 10.2 Å². The maximum Gasteiger partial charge on any atom is 0.402 e. The lowest BCUT2D eigenvalue weighted by Crippen LogP contribution is -2.50. The van der Waals surface area contributed by atoms with E-state index >= 15 is 0 Å². The first kappa shape index (κ1) is 14.7. The number of alkyl halides is 3. The molecule has 0 aliphatic carbocycles. The van der Waals surface area contributed by atoms with Gasteiger partial charge in [0.25, 0.3) is 10.2 Å². The van der Waals surface area contributed by atoms with Gasteiger partial charge in [0.2, 0.25) is 0 Å². The van der Waals surface area contributed by atoms with Crippen LogP contribution in [0.3, 0.4) is 0 Å². The maximum absolute atomic E-state index is 11.9. The lowest BCUT2D eigenvalue weighted by Gasteiger charge is -2.33. The van der Waals surface area contributed by atoms with E-state index in [1.165, 1.54) is 4.72 Å². The second kappa shape index (κ2) is 5.09. The number of nitrogens with zero attached hydrogens (tertiary/aromatic N) is 1. The minimum absolute atomic E-state index is 0.0222. The van der Waals surface area contributed by atoms with Crippen molar-refractivity contribution in [1.82, 2.24) is 9.03 Å². The van der Waals surface area contributed by atoms with Gasteiger partial charge in [-0.25, -0.2) is 0 Å². The molecule has 0 aromatic heterocycles. The van der Waals surface area contributed by atoms with E-state index in [1.54, 1.807) is 6.92 Å². The van der Waals surface area contributed by atoms with Crippen LogP contribution in [0.2, 0.25) is 0 Å². The Balaban J connectivity index is 2.59. The van der Waals surface area contributed by atoms with Gasteiger partial charge in [-0.3, -0.25) is 0 Å². The summed E-state index contributed by atoms with van der Waals surface area (Å²) in [5.41, 5.74) is 0. The number of hydrogen-bond donors (Lipinski definition) is 2. The van der Waals surface area contributed by atoms with Gasteiger partial charge in [0.15, 0.2) is 0 Å². The van der Waals surface area contributed by atoms with Crippen molar-refractivity contribution in [2.24, 2.45) is 5.92 Å². The third-order valence-electron chi connectivity index (χ3n) is 2.62. The van der Waals surface area contributed by atoms with Gasteiger partial charge >= 0.3 is 6.18 Å². The molecule has 2 atom stereocenters. The Morgan fingerprint density at radius 2 is 2.06 bits per heavy atom. The van der Waals surface area contributed by atoms with Crippen LogP contribution in [-0.2, 0) is 10.2 Å². The lowest BCUT2D eigenvalue weighted by molar-refractivity contribution is -0.121. The minimum atomic E-state index is -4.58. The van der Waals surface area contributed by atoms with Crippen LogP contribution in [0.15, 0.2) is 0 Å². The standard InChI is InChI=1S/C8H15F3N2O3S/c1-6-4-13(3-2-7(6)14)17(15,16)12-5-8(9,10)11/h6-7,12,14H,2-5H2,1H3. The molecule has 102 valence electrons. The zero-order valence-electron chi connectivity index (χ0n) is 9.24. The highest BCUT2D eigenvalue weighted by Gasteiger charge is 2.35. The van der Waals surface area contributed by atoms with Crippen molar-refractivity contribution in [2.45, 2.75) is 25.6 Å². The molecule has 0 aromatic rings. The molecule has 9 heteroatoms. The molecule has 1 aliphatic rings. The first-order valence-electron chi connectivity index (χ1n) is 5.11. The van der Waals surface area contributed by atoms with Gasteiger partial charge in [-0.2, -0.15) is 30.6 Å². The van der Waals surface area contributed by atoms with Gasteiger partial charge in [0.1, 0.15) is 6.54 Å². The summed E-state index contributed by atoms with van der Waals surface area (Å²) in [4.78, 5) is 0. The van der Waals surface area contributed by atoms with Crippen molar-refractivity contribution in [1.29, 1.82) is 0 Å². The fraction of sp³-hybridized carbons (Fsp3) is 1.00. The molecule has 2 unspecified atom stereocenters. The highest BCUT2D eigenvalue weighted by Crippen LogP contribution is 2.19. The van der Waals surface area contributed by atoms with E-state index in [-0.39, 0.29) is 25.4 Å². The van der Waals surface area contributed by atoms with E-state index in [4.69, 9.17) is 0 Å². The van der Waals surface area contributed by atoms with Gasteiger partial charge in [0.05, 0.1) is 6.10 Å². The highest BCUT2D eigenvalue weighted by atomic mass is 32.2. The van der Waals surface area contributed by atoms with E-state index in [1.807, 2.05) is 0 Å². The molecule has 0 amide bonds. The monoisotopic (exact) mass is 276 g/mol. The minimum Gasteiger partial charge on any atom is -0.393 e. The molecule has 0 saturated carbocycles. The summed E-state index contributed by atoms with van der Waals surface area (Å²) in [6.45, 7) is 0.117. The predicted molar refractivity (Wildman–Crippen MR) is 54.3 cm³/mol. The second-order valence-electron chi connectivity index (χ2n) is 4.13. The number of nitrogens with one attached hydrogen (secondary N) is 1. The normalized spacial score (nSPS) is 28.3. The van der Waals surface area contributed by atoms with Gasteiger partial charge in [-0.15, -0.1) is 0 Å². The summed E-state index contributed by atoms with van der Waals surface area (Å²) in [7, 11) is -4.12. The number of aliphatic hydroxyl groups excluding tert-OH is 1. The topological polar surface area (TPSA) is 69.6 Å². The van der Waals surface area contributed by atoms with Crippen molar-refractivity contribution < 1.29 is 26.7 Å². The summed E-state index contributed by atoms with van der Waals surface area (Å²) >= 11 is 0. The molecule has 0 aromatic carbocycles. The van der Waals surface area contributed by atoms with Crippen LogP contribution in [0.4, 0.5) is 13.2 Å². The molecule has 0 spiro atoms. The van der Waals surface area contributed by atoms with E-state index in [2.05, 4.69) is 0 Å². The van der Waals surface area contributed by atoms with E-state index in [9.17, 15) is 26.7 Å². The summed E-state index contributed by atoms with van der Waals surface area (Å²) in [5.74, 6) is -0.286. The Hall–Kier alpha value is -0.380. The van der Waals surface area contributed by atoms with Gasteiger partial charge in [-0.1, -0.05) is 6.92 Å². The zero-order valence-corrected chi connectivity index (χ0v) is 10.1. The Morgan fingerprint density at radius 1 is 1.47 bits per heavy atom. The molecular weight excluding hydrogens is 261 g/mol. The van der Waals surface area contributed by atoms with Crippen LogP contribution >= 0.6 is 0 Å². The van der Waals surface area contributed by atoms with E-state index < -0.39 is 29.0 Å². The maximum atomic E-state index is 11.9. The summed E-state index contributed by atoms with van der Waals surface area (Å²) in [5, 5.41) is 9.40. The largest absolute Gasteiger partial charge is 0.402 e. The molecule has 1 fully saturated rings. The van der Waals surface area contributed by atoms with Crippen LogP contribution in [0, 0.1) is 5.92 Å². The second-order valence-corrected chi connectivity index (χ2v) is 5.89. The third-order valence-corrected chi connectivity index (χ3v) is 4.14. The van der Waals surface area contributed by atoms with Crippen LogP contribution in [0.1, 0.15) is 13.3 Å². The highest BCUT2D eigenvalue weighted by molar-refractivity contribution is 7.87. The summed E-state index contributed by atoms with van der Waals surface area (Å²) < 4.78 is 61.2. The Labute approximate surface area is 97.8 Å². The molecule has 0 radical (unpaired) electrons. The van der Waals surface area contributed by atoms with Crippen molar-refractivity contribution in [3.8, 4) is 0 Å². The fourth-order valence-electron chi connectivity index (χ4n) is 1.58. The van der Waals surface area contributed by atoms with Crippen molar-refractivity contribution in [3.05, 3.63) is 0 Å². The molecule has 1 aliphatic heterocycles. The summed E-state index contributed by atoms with van der Waals surface area (Å²) in [6, 6.07) is 0. The number of rotatable bonds is 3. The zero-order chi connectivity index (χ0) is 13.3. The number of aliphatic hydroxyl groups is 1. The van der Waals surface area contributed by atoms with E-state index in [0.29, 0.717) is 0 Å². The molecule has 1 rings (SSSR count). The number of hydrogen-bond acceptors (Lipinski definition) is 3. The molecule has 1 saturated heterocycles. The first-order chi connectivity index (χ1) is 7.62. The Bertz CT molecular complexity index is 358. The Kier molecular flexibility index (Phi) is 4.39. The average molecular weight is 276 g/mol. The van der Waals surface area contributed by atoms with Crippen LogP contribution in [0.5, 0.6) is 0 Å². The van der Waals surface area contributed by atoms with Gasteiger partial charge in [0, 0.05) is 13.1 Å². The van der Waals surface area contributed by atoms with Crippen molar-refractivity contribution in [2.75, 3.05) is 19.6 Å². The lowest BCUT2D eigenvalue weighted by atomic mass is 9.99. The predicted octanol–water partition coefficient (Wildman–Crippen LogP) is 0.0858. The number of halogens is 3. The average Bonchev–Trinajstić information content (AvgIpc) is 2.18. The smallest absolute Gasteiger partial charge is 0.393 e. The molecule has 2 N–H and O–H groups in total. The van der Waals surface area contributed by atoms with Crippen LogP contribution in [-0.4, -0.2) is 49.7 Å². The fourth-order valence-corrected chi connectivity index (χ4v) is 2.88. The van der Waals surface area contributed by atoms with E-state index in [0.717, 1.165) is 4.31 Å². The molecule has 1 heterocycles. The Morgan fingerprint density at radius 3 is 2.53 bits per heavy atom. The molecular formula is C8H15F3N2O3S. The van der Waals surface area contributed by atoms with Crippen LogP contribution < -0.4 is 4.72 Å². The van der Waals surface area contributed by atoms with Gasteiger partial charge < -0.3 is 5.11 Å². The molecule has 5 nitrogen and oxygen atoms in total.